The molecule has 2 unspecified atom stereocenters. The van der Waals surface area contributed by atoms with E-state index in [1.165, 1.54) is 0 Å². The predicted molar refractivity (Wildman–Crippen MR) is 79.2 cm³/mol. The van der Waals surface area contributed by atoms with Crippen LogP contribution in [-0.2, 0) is 9.36 Å². The second kappa shape index (κ2) is 7.58. The van der Waals surface area contributed by atoms with Gasteiger partial charge in [0.1, 0.15) is 5.75 Å². The molecule has 1 aromatic rings. The van der Waals surface area contributed by atoms with Crippen molar-refractivity contribution in [3.63, 3.8) is 0 Å². The Morgan fingerprint density at radius 2 is 2.11 bits per heavy atom. The lowest BCUT2D eigenvalue weighted by atomic mass is 10.3. The van der Waals surface area contributed by atoms with E-state index in [9.17, 15) is 9.36 Å². The molecule has 0 saturated heterocycles. The normalized spacial score (nSPS) is 15.3. The van der Waals surface area contributed by atoms with Gasteiger partial charge in [-0.3, -0.25) is 20.0 Å². The number of amides is 1. The first kappa shape index (κ1) is 16.1. The van der Waals surface area contributed by atoms with Crippen LogP contribution in [0.2, 0.25) is 0 Å². The third kappa shape index (κ3) is 6.66. The second-order valence-electron chi connectivity index (χ2n) is 4.06. The molecule has 106 valence electrons. The number of rotatable bonds is 7. The minimum Gasteiger partial charge on any atom is -0.484 e. The van der Waals surface area contributed by atoms with Crippen LogP contribution in [0.25, 0.3) is 0 Å². The summed E-state index contributed by atoms with van der Waals surface area (Å²) in [5.74, 6) is 0.101. The van der Waals surface area contributed by atoms with Crippen LogP contribution in [0.5, 0.6) is 5.75 Å². The lowest BCUT2D eigenvalue weighted by Gasteiger charge is -2.17. The minimum atomic E-state index is -3.21. The van der Waals surface area contributed by atoms with Crippen molar-refractivity contribution in [2.24, 2.45) is 5.50 Å². The Bertz CT molecular complexity index is 456. The number of carbonyl (C=O) groups excluding carboxylic acids is 1. The fourth-order valence-corrected chi connectivity index (χ4v) is 4.90. The molecule has 7 heteroatoms. The molecule has 0 aliphatic rings. The quantitative estimate of drug-likeness (QED) is 0.757. The Kier molecular flexibility index (Phi) is 6.42. The molecule has 5 nitrogen and oxygen atoms in total. The molecule has 0 aliphatic carbocycles. The van der Waals surface area contributed by atoms with E-state index in [2.05, 4.69) is 5.09 Å². The summed E-state index contributed by atoms with van der Waals surface area (Å²) in [4.78, 5) is 11.6. The van der Waals surface area contributed by atoms with Crippen LogP contribution in [0.3, 0.4) is 0 Å². The molecule has 0 spiro atoms. The summed E-state index contributed by atoms with van der Waals surface area (Å²) in [5.41, 5.74) is 5.59. The molecule has 0 aliphatic heterocycles. The van der Waals surface area contributed by atoms with Crippen LogP contribution < -0.4 is 15.3 Å². The molecular formula is C12H19N2O3PS. The maximum absolute atomic E-state index is 12.0. The summed E-state index contributed by atoms with van der Waals surface area (Å²) in [6.07, 6.45) is 0.836. The first-order chi connectivity index (χ1) is 8.93. The molecule has 0 saturated carbocycles. The van der Waals surface area contributed by atoms with Crippen molar-refractivity contribution in [2.45, 2.75) is 25.5 Å². The van der Waals surface area contributed by atoms with Crippen LogP contribution in [0.15, 0.2) is 30.3 Å². The van der Waals surface area contributed by atoms with Crippen LogP contribution in [0.1, 0.15) is 20.3 Å². The summed E-state index contributed by atoms with van der Waals surface area (Å²) in [6.45, 7) is 0.476. The lowest BCUT2D eigenvalue weighted by molar-refractivity contribution is -0.121. The van der Waals surface area contributed by atoms with Crippen LogP contribution in [0.4, 0.5) is 0 Å². The second-order valence-corrected chi connectivity index (χ2v) is 8.75. The van der Waals surface area contributed by atoms with Gasteiger partial charge in [0.2, 0.25) is 0 Å². The van der Waals surface area contributed by atoms with Crippen molar-refractivity contribution in [3.8, 4) is 5.75 Å². The zero-order valence-electron chi connectivity index (χ0n) is 11.0. The lowest BCUT2D eigenvalue weighted by Crippen LogP contribution is -2.28. The number of nitrogens with one attached hydrogen (secondary N) is 1. The molecule has 1 amide bonds. The maximum atomic E-state index is 12.0. The van der Waals surface area contributed by atoms with Gasteiger partial charge in [0.15, 0.2) is 6.61 Å². The van der Waals surface area contributed by atoms with Gasteiger partial charge >= 0.3 is 0 Å². The monoisotopic (exact) mass is 302 g/mol. The van der Waals surface area contributed by atoms with Crippen molar-refractivity contribution in [1.82, 2.24) is 5.09 Å². The summed E-state index contributed by atoms with van der Waals surface area (Å²) in [6, 6.07) is 8.94. The molecule has 0 aromatic heterocycles. The van der Waals surface area contributed by atoms with E-state index in [1.54, 1.807) is 24.3 Å². The van der Waals surface area contributed by atoms with E-state index in [0.717, 1.165) is 17.8 Å². The number of hydrogen-bond acceptors (Lipinski definition) is 4. The molecule has 3 N–H and O–H groups in total. The number of benzene rings is 1. The van der Waals surface area contributed by atoms with Gasteiger partial charge in [-0.15, -0.1) is 0 Å². The minimum absolute atomic E-state index is 0.131. The highest BCUT2D eigenvalue weighted by Gasteiger charge is 2.22. The average Bonchev–Trinajstić information content (AvgIpc) is 2.36. The van der Waals surface area contributed by atoms with Gasteiger partial charge in [0.05, 0.1) is 0 Å². The fourth-order valence-electron chi connectivity index (χ4n) is 1.24. The summed E-state index contributed by atoms with van der Waals surface area (Å²) >= 11 is 1.10. The molecule has 2 atom stereocenters. The van der Waals surface area contributed by atoms with Crippen molar-refractivity contribution in [2.75, 3.05) is 6.61 Å². The van der Waals surface area contributed by atoms with E-state index in [0.29, 0.717) is 5.75 Å². The highest BCUT2D eigenvalue weighted by atomic mass is 32.7. The first-order valence-electron chi connectivity index (χ1n) is 5.99. The standard InChI is InChI=1S/C12H19N2O3PS/c1-3-10(2)19-18(13,16)14-12(15)9-17-11-7-5-4-6-8-11/h4-8,10H,3,9H2,1-2H3,(H3,13,14,15,16). The van der Waals surface area contributed by atoms with Gasteiger partial charge in [0, 0.05) is 5.25 Å². The fraction of sp³-hybridized carbons (Fsp3) is 0.417. The molecular weight excluding hydrogens is 283 g/mol. The number of ether oxygens (including phenoxy) is 1. The summed E-state index contributed by atoms with van der Waals surface area (Å²) in [5, 5.41) is 2.45. The van der Waals surface area contributed by atoms with Gasteiger partial charge in [-0.1, -0.05) is 43.4 Å². The van der Waals surface area contributed by atoms with Crippen LogP contribution >= 0.6 is 18.0 Å². The van der Waals surface area contributed by atoms with Gasteiger partial charge in [0.25, 0.3) is 12.6 Å². The van der Waals surface area contributed by atoms with Gasteiger partial charge in [-0.05, 0) is 18.6 Å². The maximum Gasteiger partial charge on any atom is 0.290 e. The zero-order valence-corrected chi connectivity index (χ0v) is 12.7. The predicted octanol–water partition coefficient (Wildman–Crippen LogP) is 2.78. The van der Waals surface area contributed by atoms with Crippen molar-refractivity contribution in [3.05, 3.63) is 30.3 Å². The topological polar surface area (TPSA) is 81.4 Å². The Morgan fingerprint density at radius 1 is 1.47 bits per heavy atom. The van der Waals surface area contributed by atoms with E-state index in [1.807, 2.05) is 19.9 Å². The molecule has 1 aromatic carbocycles. The van der Waals surface area contributed by atoms with Gasteiger partial charge < -0.3 is 4.74 Å². The van der Waals surface area contributed by atoms with E-state index in [4.69, 9.17) is 10.2 Å². The smallest absolute Gasteiger partial charge is 0.290 e. The third-order valence-corrected chi connectivity index (χ3v) is 6.17. The Hall–Kier alpha value is -0.970. The largest absolute Gasteiger partial charge is 0.484 e. The molecule has 0 heterocycles. The average molecular weight is 302 g/mol. The first-order valence-corrected chi connectivity index (χ1v) is 9.25. The Morgan fingerprint density at radius 3 is 2.68 bits per heavy atom. The number of hydrogen-bond donors (Lipinski definition) is 2. The van der Waals surface area contributed by atoms with Crippen LogP contribution in [-0.4, -0.2) is 17.8 Å². The Labute approximate surface area is 117 Å². The molecule has 1 rings (SSSR count). The number of para-hydroxylation sites is 1. The van der Waals surface area contributed by atoms with E-state index in [-0.39, 0.29) is 11.9 Å². The van der Waals surface area contributed by atoms with Crippen molar-refractivity contribution in [1.29, 1.82) is 0 Å². The summed E-state index contributed by atoms with van der Waals surface area (Å²) < 4.78 is 17.2. The number of carbonyl (C=O) groups is 1. The highest BCUT2D eigenvalue weighted by Crippen LogP contribution is 2.50. The molecule has 19 heavy (non-hydrogen) atoms. The van der Waals surface area contributed by atoms with Gasteiger partial charge in [-0.2, -0.15) is 0 Å². The third-order valence-electron chi connectivity index (χ3n) is 2.31. The highest BCUT2D eigenvalue weighted by molar-refractivity contribution is 8.57. The molecule has 0 fully saturated rings. The van der Waals surface area contributed by atoms with E-state index < -0.39 is 12.6 Å². The van der Waals surface area contributed by atoms with Crippen LogP contribution in [0, 0.1) is 0 Å². The Balaban J connectivity index is 2.40. The van der Waals surface area contributed by atoms with Crippen molar-refractivity contribution < 1.29 is 14.1 Å². The zero-order chi connectivity index (χ0) is 14.3. The summed E-state index contributed by atoms with van der Waals surface area (Å²) in [7, 11) is 0. The van der Waals surface area contributed by atoms with Gasteiger partial charge in [-0.25, -0.2) is 0 Å². The van der Waals surface area contributed by atoms with Crippen molar-refractivity contribution >= 4 is 23.9 Å². The SMILES string of the molecule is CCC(C)SP(N)(=O)NC(=O)COc1ccccc1. The molecule has 0 radical (unpaired) electrons. The molecule has 0 bridgehead atoms. The number of nitrogens with two attached hydrogens (primary N) is 1. The van der Waals surface area contributed by atoms with E-state index >= 15 is 0 Å².